The number of ether oxygens (including phenoxy) is 1. The van der Waals surface area contributed by atoms with Gasteiger partial charge in [-0.2, -0.15) is 0 Å². The summed E-state index contributed by atoms with van der Waals surface area (Å²) >= 11 is 0. The zero-order chi connectivity index (χ0) is 20.1. The molecule has 2 aromatic heterocycles. The van der Waals surface area contributed by atoms with Crippen molar-refractivity contribution in [3.63, 3.8) is 0 Å². The lowest BCUT2D eigenvalue weighted by Crippen LogP contribution is -1.97. The van der Waals surface area contributed by atoms with E-state index in [0.717, 1.165) is 42.7 Å². The number of benzene rings is 2. The van der Waals surface area contributed by atoms with Gasteiger partial charge >= 0.3 is 0 Å². The van der Waals surface area contributed by atoms with Gasteiger partial charge in [0.25, 0.3) is 0 Å². The second kappa shape index (κ2) is 9.04. The van der Waals surface area contributed by atoms with Gasteiger partial charge < -0.3 is 4.74 Å². The summed E-state index contributed by atoms with van der Waals surface area (Å²) in [5.74, 6) is 0.964. The Morgan fingerprint density at radius 3 is 2.38 bits per heavy atom. The maximum atomic E-state index is 5.81. The average Bonchev–Trinajstić information content (AvgIpc) is 2.75. The van der Waals surface area contributed by atoms with Crippen LogP contribution in [0.2, 0.25) is 0 Å². The van der Waals surface area contributed by atoms with Crippen molar-refractivity contribution in [2.75, 3.05) is 6.61 Å². The van der Waals surface area contributed by atoms with Crippen LogP contribution in [0.25, 0.3) is 21.8 Å². The number of nitrogens with zero attached hydrogens (tertiary/aromatic N) is 2. The Labute approximate surface area is 172 Å². The number of fused-ring (bicyclic) bond motifs is 3. The molecule has 0 atom stereocenters. The van der Waals surface area contributed by atoms with Crippen LogP contribution in [0.4, 0.5) is 0 Å². The van der Waals surface area contributed by atoms with Crippen molar-refractivity contribution in [2.45, 2.75) is 46.0 Å². The Balaban J connectivity index is 1.45. The van der Waals surface area contributed by atoms with Gasteiger partial charge in [0.1, 0.15) is 5.75 Å². The van der Waals surface area contributed by atoms with E-state index in [1.807, 2.05) is 12.4 Å². The molecule has 0 aliphatic carbocycles. The molecule has 29 heavy (non-hydrogen) atoms. The van der Waals surface area contributed by atoms with Gasteiger partial charge in [0.15, 0.2) is 0 Å². The van der Waals surface area contributed by atoms with Gasteiger partial charge in [-0.25, -0.2) is 0 Å². The molecule has 0 saturated heterocycles. The minimum Gasteiger partial charge on any atom is -0.494 e. The number of pyridine rings is 2. The topological polar surface area (TPSA) is 35.0 Å². The lowest BCUT2D eigenvalue weighted by atomic mass is 10.0. The van der Waals surface area contributed by atoms with Gasteiger partial charge in [0.05, 0.1) is 23.8 Å². The van der Waals surface area contributed by atoms with Gasteiger partial charge in [0.2, 0.25) is 0 Å². The number of hydrogen-bond acceptors (Lipinski definition) is 3. The predicted molar refractivity (Wildman–Crippen MR) is 121 cm³/mol. The fourth-order valence-corrected chi connectivity index (χ4v) is 3.66. The van der Waals surface area contributed by atoms with Crippen molar-refractivity contribution in [3.8, 4) is 5.75 Å². The maximum Gasteiger partial charge on any atom is 0.119 e. The van der Waals surface area contributed by atoms with E-state index in [-0.39, 0.29) is 0 Å². The van der Waals surface area contributed by atoms with Crippen LogP contribution in [0.3, 0.4) is 0 Å². The lowest BCUT2D eigenvalue weighted by molar-refractivity contribution is 0.306. The molecular formula is C26H28N2O. The van der Waals surface area contributed by atoms with Gasteiger partial charge in [-0.15, -0.1) is 0 Å². The van der Waals surface area contributed by atoms with E-state index < -0.39 is 0 Å². The SMILES string of the molecule is CCCCCOc1ccc(CCc2cnc3cnc4cc(C)ccc4c3c2)cc1. The van der Waals surface area contributed by atoms with Crippen molar-refractivity contribution in [2.24, 2.45) is 0 Å². The van der Waals surface area contributed by atoms with Crippen molar-refractivity contribution >= 4 is 21.8 Å². The summed E-state index contributed by atoms with van der Waals surface area (Å²) in [7, 11) is 0. The molecule has 4 rings (SSSR count). The summed E-state index contributed by atoms with van der Waals surface area (Å²) in [6.07, 6.45) is 9.38. The van der Waals surface area contributed by atoms with E-state index in [0.29, 0.717) is 0 Å². The minimum absolute atomic E-state index is 0.804. The highest BCUT2D eigenvalue weighted by Gasteiger charge is 2.05. The van der Waals surface area contributed by atoms with Gasteiger partial charge in [0, 0.05) is 17.0 Å². The molecule has 0 saturated carbocycles. The molecule has 0 aliphatic heterocycles. The predicted octanol–water partition coefficient (Wildman–Crippen LogP) is 6.45. The second-order valence-corrected chi connectivity index (χ2v) is 7.75. The monoisotopic (exact) mass is 384 g/mol. The number of aryl methyl sites for hydroxylation is 3. The Morgan fingerprint density at radius 1 is 0.759 bits per heavy atom. The Morgan fingerprint density at radius 2 is 1.55 bits per heavy atom. The lowest BCUT2D eigenvalue weighted by Gasteiger charge is -2.08. The first kappa shape index (κ1) is 19.4. The molecule has 0 unspecified atom stereocenters. The Kier molecular flexibility index (Phi) is 6.04. The molecule has 0 N–H and O–H groups in total. The largest absolute Gasteiger partial charge is 0.494 e. The molecule has 0 bridgehead atoms. The summed E-state index contributed by atoms with van der Waals surface area (Å²) in [5, 5.41) is 2.36. The number of hydrogen-bond donors (Lipinski definition) is 0. The molecule has 2 aromatic carbocycles. The third-order valence-corrected chi connectivity index (χ3v) is 5.39. The van der Waals surface area contributed by atoms with Crippen LogP contribution in [0.1, 0.15) is 42.9 Å². The highest BCUT2D eigenvalue weighted by atomic mass is 16.5. The fraction of sp³-hybridized carbons (Fsp3) is 0.308. The van der Waals surface area contributed by atoms with E-state index in [2.05, 4.69) is 72.3 Å². The summed E-state index contributed by atoms with van der Waals surface area (Å²) in [6, 6.07) is 17.2. The van der Waals surface area contributed by atoms with Crippen LogP contribution in [0.5, 0.6) is 5.75 Å². The number of unbranched alkanes of at least 4 members (excludes halogenated alkanes) is 2. The zero-order valence-electron chi connectivity index (χ0n) is 17.3. The molecular weight excluding hydrogens is 356 g/mol. The molecule has 4 aromatic rings. The molecule has 3 nitrogen and oxygen atoms in total. The van der Waals surface area contributed by atoms with Crippen molar-refractivity contribution in [1.82, 2.24) is 9.97 Å². The average molecular weight is 385 g/mol. The van der Waals surface area contributed by atoms with Crippen molar-refractivity contribution in [1.29, 1.82) is 0 Å². The molecule has 0 amide bonds. The smallest absolute Gasteiger partial charge is 0.119 e. The Hall–Kier alpha value is -2.94. The first-order valence-corrected chi connectivity index (χ1v) is 10.6. The molecule has 0 radical (unpaired) electrons. The molecule has 0 fully saturated rings. The fourth-order valence-electron chi connectivity index (χ4n) is 3.66. The first-order valence-electron chi connectivity index (χ1n) is 10.6. The summed E-state index contributed by atoms with van der Waals surface area (Å²) in [5.41, 5.74) is 5.79. The number of rotatable bonds is 8. The summed E-state index contributed by atoms with van der Waals surface area (Å²) in [4.78, 5) is 9.21. The molecule has 3 heteroatoms. The van der Waals surface area contributed by atoms with E-state index >= 15 is 0 Å². The normalized spacial score (nSPS) is 11.2. The zero-order valence-corrected chi connectivity index (χ0v) is 17.3. The van der Waals surface area contributed by atoms with Crippen LogP contribution < -0.4 is 4.74 Å². The van der Waals surface area contributed by atoms with Gasteiger partial charge in [-0.1, -0.05) is 44.0 Å². The third kappa shape index (κ3) is 4.73. The van der Waals surface area contributed by atoms with Crippen LogP contribution in [-0.4, -0.2) is 16.6 Å². The molecule has 148 valence electrons. The van der Waals surface area contributed by atoms with E-state index in [1.165, 1.54) is 40.3 Å². The Bertz CT molecular complexity index is 1100. The molecule has 0 aliphatic rings. The molecule has 0 spiro atoms. The van der Waals surface area contributed by atoms with Crippen molar-refractivity contribution in [3.05, 3.63) is 77.6 Å². The highest BCUT2D eigenvalue weighted by molar-refractivity contribution is 6.04. The van der Waals surface area contributed by atoms with Crippen LogP contribution >= 0.6 is 0 Å². The summed E-state index contributed by atoms with van der Waals surface area (Å²) < 4.78 is 5.81. The van der Waals surface area contributed by atoms with E-state index in [4.69, 9.17) is 4.74 Å². The minimum atomic E-state index is 0.804. The maximum absolute atomic E-state index is 5.81. The van der Waals surface area contributed by atoms with Crippen LogP contribution in [0, 0.1) is 6.92 Å². The van der Waals surface area contributed by atoms with Crippen molar-refractivity contribution < 1.29 is 4.74 Å². The summed E-state index contributed by atoms with van der Waals surface area (Å²) in [6.45, 7) is 5.11. The van der Waals surface area contributed by atoms with Gasteiger partial charge in [-0.05, 0) is 67.1 Å². The third-order valence-electron chi connectivity index (χ3n) is 5.39. The van der Waals surface area contributed by atoms with Crippen LogP contribution in [0.15, 0.2) is 60.9 Å². The highest BCUT2D eigenvalue weighted by Crippen LogP contribution is 2.24. The van der Waals surface area contributed by atoms with Crippen LogP contribution in [-0.2, 0) is 12.8 Å². The molecule has 2 heterocycles. The second-order valence-electron chi connectivity index (χ2n) is 7.75. The van der Waals surface area contributed by atoms with E-state index in [9.17, 15) is 0 Å². The van der Waals surface area contributed by atoms with E-state index in [1.54, 1.807) is 0 Å². The quantitative estimate of drug-likeness (QED) is 0.259. The van der Waals surface area contributed by atoms with Gasteiger partial charge in [-0.3, -0.25) is 9.97 Å². The number of aromatic nitrogens is 2. The first-order chi connectivity index (χ1) is 14.2. The standard InChI is InChI=1S/C26H28N2O/c1-3-4-5-14-29-22-11-9-20(10-12-22)7-8-21-16-24-23-13-6-19(2)15-25(23)28-18-26(24)27-17-21/h6,9-13,15-18H,3-5,7-8,14H2,1-2H3.